The number of hydrogen-bond donors (Lipinski definition) is 0. The van der Waals surface area contributed by atoms with Crippen LogP contribution in [0.3, 0.4) is 0 Å². The molecule has 5 nitrogen and oxygen atoms in total. The van der Waals surface area contributed by atoms with E-state index in [2.05, 4.69) is 9.80 Å². The van der Waals surface area contributed by atoms with E-state index >= 15 is 0 Å². The number of anilines is 2. The van der Waals surface area contributed by atoms with Gasteiger partial charge in [0.05, 0.1) is 18.0 Å². The van der Waals surface area contributed by atoms with Gasteiger partial charge in [-0.1, -0.05) is 0 Å². The molecule has 0 saturated carbocycles. The van der Waals surface area contributed by atoms with Gasteiger partial charge in [0.25, 0.3) is 5.78 Å². The van der Waals surface area contributed by atoms with Crippen LogP contribution in [0.5, 0.6) is 0 Å². The molecule has 0 aromatic heterocycles. The summed E-state index contributed by atoms with van der Waals surface area (Å²) in [7, 11) is 3.99. The number of hydrogen-bond acceptors (Lipinski definition) is 5. The molecule has 5 heteroatoms. The maximum Gasteiger partial charge on any atom is 0.379 e. The van der Waals surface area contributed by atoms with E-state index in [4.69, 9.17) is 4.74 Å². The Morgan fingerprint density at radius 2 is 1.79 bits per heavy atom. The summed E-state index contributed by atoms with van der Waals surface area (Å²) < 4.78 is 4.74. The van der Waals surface area contributed by atoms with Crippen LogP contribution in [0.4, 0.5) is 11.4 Å². The third-order valence-corrected chi connectivity index (χ3v) is 3.29. The molecule has 0 atom stereocenters. The summed E-state index contributed by atoms with van der Waals surface area (Å²) in [5.74, 6) is -1.39. The highest BCUT2D eigenvalue weighted by atomic mass is 16.5. The minimum atomic E-state index is -0.797. The Morgan fingerprint density at radius 3 is 2.42 bits per heavy atom. The SMILES string of the molecule is CCOC(=O)C(=O)c1ccc2c(c1)N(C)CCN2C. The summed E-state index contributed by atoms with van der Waals surface area (Å²) in [4.78, 5) is 27.6. The third kappa shape index (κ3) is 2.54. The molecule has 0 fully saturated rings. The number of ketones is 1. The molecule has 102 valence electrons. The molecule has 0 amide bonds. The van der Waals surface area contributed by atoms with Gasteiger partial charge in [-0.15, -0.1) is 0 Å². The first-order valence-corrected chi connectivity index (χ1v) is 6.32. The number of likely N-dealkylation sites (N-methyl/N-ethyl adjacent to an activating group) is 2. The number of carbonyl (C=O) groups is 2. The normalized spacial score (nSPS) is 14.1. The molecule has 0 saturated heterocycles. The number of ether oxygens (including phenoxy) is 1. The Labute approximate surface area is 112 Å². The second-order valence-corrected chi connectivity index (χ2v) is 4.60. The summed E-state index contributed by atoms with van der Waals surface area (Å²) in [5, 5.41) is 0. The van der Waals surface area contributed by atoms with Gasteiger partial charge in [0.2, 0.25) is 0 Å². The van der Waals surface area contributed by atoms with Crippen molar-refractivity contribution in [1.29, 1.82) is 0 Å². The molecule has 19 heavy (non-hydrogen) atoms. The molecule has 1 aliphatic heterocycles. The van der Waals surface area contributed by atoms with Crippen molar-refractivity contribution in [3.05, 3.63) is 23.8 Å². The van der Waals surface area contributed by atoms with Crippen molar-refractivity contribution in [2.75, 3.05) is 43.6 Å². The average molecular weight is 262 g/mol. The molecule has 0 bridgehead atoms. The Bertz CT molecular complexity index is 513. The van der Waals surface area contributed by atoms with E-state index in [1.807, 2.05) is 20.2 Å². The monoisotopic (exact) mass is 262 g/mol. The van der Waals surface area contributed by atoms with Gasteiger partial charge in [-0.2, -0.15) is 0 Å². The molecule has 0 aliphatic carbocycles. The van der Waals surface area contributed by atoms with Crippen LogP contribution in [0.15, 0.2) is 18.2 Å². The van der Waals surface area contributed by atoms with E-state index in [1.54, 1.807) is 19.1 Å². The maximum absolute atomic E-state index is 11.9. The highest BCUT2D eigenvalue weighted by Gasteiger charge is 2.22. The van der Waals surface area contributed by atoms with E-state index in [-0.39, 0.29) is 6.61 Å². The van der Waals surface area contributed by atoms with Crippen molar-refractivity contribution in [3.8, 4) is 0 Å². The van der Waals surface area contributed by atoms with Crippen LogP contribution in [0, 0.1) is 0 Å². The predicted octanol–water partition coefficient (Wildman–Crippen LogP) is 1.32. The minimum absolute atomic E-state index is 0.207. The van der Waals surface area contributed by atoms with Gasteiger partial charge in [-0.05, 0) is 25.1 Å². The van der Waals surface area contributed by atoms with Crippen LogP contribution in [0.1, 0.15) is 17.3 Å². The van der Waals surface area contributed by atoms with Crippen molar-refractivity contribution < 1.29 is 14.3 Å². The van der Waals surface area contributed by atoms with Gasteiger partial charge < -0.3 is 14.5 Å². The molecule has 1 heterocycles. The lowest BCUT2D eigenvalue weighted by Crippen LogP contribution is -2.37. The molecule has 2 rings (SSSR count). The summed E-state index contributed by atoms with van der Waals surface area (Å²) in [6, 6.07) is 5.30. The first kappa shape index (κ1) is 13.4. The van der Waals surface area contributed by atoms with Gasteiger partial charge in [0.15, 0.2) is 0 Å². The first-order chi connectivity index (χ1) is 9.04. The molecule has 1 aromatic rings. The average Bonchev–Trinajstić information content (AvgIpc) is 2.42. The van der Waals surface area contributed by atoms with Crippen LogP contribution >= 0.6 is 0 Å². The molecule has 0 radical (unpaired) electrons. The molecular formula is C14H18N2O3. The summed E-state index contributed by atoms with van der Waals surface area (Å²) in [6.45, 7) is 3.72. The van der Waals surface area contributed by atoms with Crippen LogP contribution in [0.2, 0.25) is 0 Å². The van der Waals surface area contributed by atoms with Crippen LogP contribution in [0.25, 0.3) is 0 Å². The van der Waals surface area contributed by atoms with Crippen molar-refractivity contribution in [2.24, 2.45) is 0 Å². The van der Waals surface area contributed by atoms with Crippen LogP contribution < -0.4 is 9.80 Å². The van der Waals surface area contributed by atoms with Gasteiger partial charge in [0, 0.05) is 32.7 Å². The lowest BCUT2D eigenvalue weighted by molar-refractivity contribution is -0.137. The summed E-state index contributed by atoms with van der Waals surface area (Å²) >= 11 is 0. The van der Waals surface area contributed by atoms with E-state index in [0.29, 0.717) is 5.56 Å². The number of benzene rings is 1. The Hall–Kier alpha value is -2.04. The molecule has 1 aromatic carbocycles. The fourth-order valence-electron chi connectivity index (χ4n) is 2.15. The number of nitrogens with zero attached hydrogens (tertiary/aromatic N) is 2. The molecule has 0 unspecified atom stereocenters. The fourth-order valence-corrected chi connectivity index (χ4v) is 2.15. The van der Waals surface area contributed by atoms with Crippen molar-refractivity contribution in [1.82, 2.24) is 0 Å². The van der Waals surface area contributed by atoms with Gasteiger partial charge in [0.1, 0.15) is 0 Å². The number of rotatable bonds is 3. The molecule has 0 N–H and O–H groups in total. The van der Waals surface area contributed by atoms with E-state index < -0.39 is 11.8 Å². The van der Waals surface area contributed by atoms with Crippen molar-refractivity contribution in [3.63, 3.8) is 0 Å². The predicted molar refractivity (Wildman–Crippen MR) is 73.9 cm³/mol. The second kappa shape index (κ2) is 5.30. The van der Waals surface area contributed by atoms with Gasteiger partial charge in [-0.3, -0.25) is 4.79 Å². The second-order valence-electron chi connectivity index (χ2n) is 4.60. The number of Topliss-reactive ketones (excluding diaryl/α,β-unsaturated/α-hetero) is 1. The number of fused-ring (bicyclic) bond motifs is 1. The summed E-state index contributed by atoms with van der Waals surface area (Å²) in [6.07, 6.45) is 0. The zero-order chi connectivity index (χ0) is 14.0. The minimum Gasteiger partial charge on any atom is -0.460 e. The van der Waals surface area contributed by atoms with E-state index in [0.717, 1.165) is 24.5 Å². The molecule has 1 aliphatic rings. The van der Waals surface area contributed by atoms with Crippen LogP contribution in [-0.2, 0) is 9.53 Å². The molecular weight excluding hydrogens is 244 g/mol. The Morgan fingerprint density at radius 1 is 1.16 bits per heavy atom. The number of esters is 1. The third-order valence-electron chi connectivity index (χ3n) is 3.29. The first-order valence-electron chi connectivity index (χ1n) is 6.32. The van der Waals surface area contributed by atoms with Crippen LogP contribution in [-0.4, -0.2) is 45.5 Å². The quantitative estimate of drug-likeness (QED) is 0.467. The van der Waals surface area contributed by atoms with Gasteiger partial charge >= 0.3 is 5.97 Å². The molecule has 0 spiro atoms. The lowest BCUT2D eigenvalue weighted by Gasteiger charge is -2.34. The number of carbonyl (C=O) groups excluding carboxylic acids is 2. The maximum atomic E-state index is 11.9. The Balaban J connectivity index is 2.32. The van der Waals surface area contributed by atoms with Crippen molar-refractivity contribution in [2.45, 2.75) is 6.92 Å². The highest BCUT2D eigenvalue weighted by molar-refractivity contribution is 6.40. The highest BCUT2D eigenvalue weighted by Crippen LogP contribution is 2.32. The fraction of sp³-hybridized carbons (Fsp3) is 0.429. The smallest absolute Gasteiger partial charge is 0.379 e. The lowest BCUT2D eigenvalue weighted by atomic mass is 10.1. The van der Waals surface area contributed by atoms with Crippen molar-refractivity contribution >= 4 is 23.1 Å². The largest absolute Gasteiger partial charge is 0.460 e. The van der Waals surface area contributed by atoms with E-state index in [1.165, 1.54) is 0 Å². The summed E-state index contributed by atoms with van der Waals surface area (Å²) in [5.41, 5.74) is 2.40. The topological polar surface area (TPSA) is 49.9 Å². The van der Waals surface area contributed by atoms with Gasteiger partial charge in [-0.25, -0.2) is 4.79 Å². The zero-order valence-electron chi connectivity index (χ0n) is 11.5. The van der Waals surface area contributed by atoms with E-state index in [9.17, 15) is 9.59 Å². The Kier molecular flexibility index (Phi) is 3.74. The standard InChI is InChI=1S/C14H18N2O3/c1-4-19-14(18)13(17)10-5-6-11-12(9-10)16(3)8-7-15(11)2/h5-6,9H,4,7-8H2,1-3H3. The zero-order valence-corrected chi connectivity index (χ0v) is 11.5.